The minimum absolute atomic E-state index is 0.622. The molecule has 6 aromatic heterocycles. The highest BCUT2D eigenvalue weighted by Gasteiger charge is 2.26. The number of nitrogens with zero attached hydrogens (tertiary/aromatic N) is 12. The highest BCUT2D eigenvalue weighted by atomic mass is 15.1. The Morgan fingerprint density at radius 1 is 0.102 bits per heavy atom. The molecule has 690 valence electrons. The number of hydrogen-bond acceptors (Lipinski definition) is 9. The summed E-state index contributed by atoms with van der Waals surface area (Å²) in [5.74, 6) is 5.80. The van der Waals surface area contributed by atoms with E-state index in [-0.39, 0.29) is 0 Å². The van der Waals surface area contributed by atoms with E-state index in [0.29, 0.717) is 52.4 Å². The topological polar surface area (TPSA) is 131 Å². The molecule has 147 heavy (non-hydrogen) atoms. The second kappa shape index (κ2) is 39.6. The molecule has 0 spiro atoms. The molecule has 0 aliphatic carbocycles. The number of rotatable bonds is 18. The van der Waals surface area contributed by atoms with Crippen LogP contribution in [0.1, 0.15) is 0 Å². The summed E-state index contributed by atoms with van der Waals surface area (Å²) in [6.45, 7) is 0. The highest BCUT2D eigenvalue weighted by molar-refractivity contribution is 6.14. The van der Waals surface area contributed by atoms with Gasteiger partial charge in [0.05, 0.1) is 33.1 Å². The zero-order valence-electron chi connectivity index (χ0n) is 79.8. The Bertz CT molecular complexity index is 9280. The largest absolute Gasteiger partial charge is 0.309 e. The molecule has 27 rings (SSSR count). The van der Waals surface area contributed by atoms with Gasteiger partial charge < -0.3 is 13.7 Å². The Labute approximate surface area is 850 Å². The molecule has 27 aromatic rings. The third kappa shape index (κ3) is 17.7. The summed E-state index contributed by atoms with van der Waals surface area (Å²) < 4.78 is 7.05. The Balaban J connectivity index is 0.000000116. The molecular weight excluding hydrogens is 1790 g/mol. The van der Waals surface area contributed by atoms with E-state index in [1.807, 2.05) is 158 Å². The van der Waals surface area contributed by atoms with E-state index in [1.54, 1.807) is 0 Å². The van der Waals surface area contributed by atoms with Crippen molar-refractivity contribution in [3.8, 4) is 186 Å². The van der Waals surface area contributed by atoms with Gasteiger partial charge in [-0.2, -0.15) is 0 Å². The van der Waals surface area contributed by atoms with E-state index in [2.05, 4.69) is 402 Å². The van der Waals surface area contributed by atoms with E-state index in [0.717, 1.165) is 128 Å². The lowest BCUT2D eigenvalue weighted by atomic mass is 9.87. The molecule has 12 heteroatoms. The number of fused-ring (bicyclic) bond motifs is 9. The third-order valence-electron chi connectivity index (χ3n) is 27.2. The van der Waals surface area contributed by atoms with Gasteiger partial charge in [-0.15, -0.1) is 0 Å². The first-order valence-electron chi connectivity index (χ1n) is 49.4. The standard InChI is InChI=1S/C51H34N4.C45H30N4.C39H26N4/c1-6-18-35(19-7-1)42-34-46(51-53-49(37-22-10-3-11-23-37)52-50(54-51)38-24-12-4-13-25-38)43(36-20-8-2-9-21-36)33-44(42)39-30-31-48-45(32-39)41-28-16-17-29-47(41)55(48)40-26-14-5-15-27-40;1-5-15-31(16-6-1)39-30-35(45-47-43(32-17-7-2-8-18-32)46-44(48-45)33-19-9-3-10-20-33)25-27-37(39)34-26-28-42-40(29-34)38-23-13-14-24-41(38)49(42)36-21-11-4-12-22-36;1-4-12-28(13-5-1)37-40-38(29-14-6-2-7-15-29)42-39(41-37)30-22-20-27(21-23-30)31-24-25-36-34(26-31)33-18-10-11-19-35(33)43(36)32-16-8-3-9-17-32/h1-34H;1-30H;1-26H. The zero-order chi connectivity index (χ0) is 97.7. The smallest absolute Gasteiger partial charge is 0.164 e. The van der Waals surface area contributed by atoms with Crippen LogP contribution in [0.2, 0.25) is 0 Å². The fraction of sp³-hybridized carbons (Fsp3) is 0. The average Bonchev–Trinajstić information content (AvgIpc) is 1.67. The summed E-state index contributed by atoms with van der Waals surface area (Å²) in [5.41, 5.74) is 32.6. The first-order chi connectivity index (χ1) is 72.9. The monoisotopic (exact) mass is 1880 g/mol. The quantitative estimate of drug-likeness (QED) is 0.0824. The van der Waals surface area contributed by atoms with E-state index >= 15 is 0 Å². The second-order valence-corrected chi connectivity index (χ2v) is 36.3. The Morgan fingerprint density at radius 2 is 0.299 bits per heavy atom. The fourth-order valence-electron chi connectivity index (χ4n) is 20.1. The van der Waals surface area contributed by atoms with Crippen LogP contribution in [0.3, 0.4) is 0 Å². The van der Waals surface area contributed by atoms with Gasteiger partial charge >= 0.3 is 0 Å². The van der Waals surface area contributed by atoms with Crippen LogP contribution in [-0.4, -0.2) is 58.6 Å². The third-order valence-corrected chi connectivity index (χ3v) is 27.2. The lowest BCUT2D eigenvalue weighted by Crippen LogP contribution is -2.02. The lowest BCUT2D eigenvalue weighted by molar-refractivity contribution is 1.07. The molecule has 0 unspecified atom stereocenters. The predicted molar refractivity (Wildman–Crippen MR) is 604 cm³/mol. The number of benzene rings is 21. The minimum Gasteiger partial charge on any atom is -0.309 e. The van der Waals surface area contributed by atoms with Crippen LogP contribution in [0, 0.1) is 0 Å². The molecule has 0 saturated carbocycles. The van der Waals surface area contributed by atoms with Crippen LogP contribution >= 0.6 is 0 Å². The number of aromatic nitrogens is 12. The molecule has 0 aliphatic heterocycles. The van der Waals surface area contributed by atoms with Gasteiger partial charge in [0, 0.05) is 99.5 Å². The van der Waals surface area contributed by atoms with Crippen molar-refractivity contribution in [2.75, 3.05) is 0 Å². The SMILES string of the molecule is c1ccc(-c2nc(-c3ccccc3)nc(-c3cc(-c4ccccc4)c(-c4ccc5c(c4)c4ccccc4n5-c4ccccc4)cc3-c3ccccc3)n2)cc1.c1ccc(-c2nc(-c3ccccc3)nc(-c3ccc(-c4ccc5c(c4)c4ccccc4n5-c4ccccc4)c(-c4ccccc4)c3)n2)cc1.c1ccc(-c2nc(-c3ccccc3)nc(-c3ccc(-c4ccc5c(c4)c4ccccc4n5-c4ccccc4)cc3)n2)cc1. The van der Waals surface area contributed by atoms with Gasteiger partial charge in [-0.05, 0) is 176 Å². The Kier molecular flexibility index (Phi) is 23.8. The van der Waals surface area contributed by atoms with E-state index in [1.165, 1.54) is 71.0 Å². The van der Waals surface area contributed by atoms with Crippen LogP contribution in [-0.2, 0) is 0 Å². The van der Waals surface area contributed by atoms with Gasteiger partial charge in [0.25, 0.3) is 0 Å². The summed E-state index contributed by atoms with van der Waals surface area (Å²) in [6.07, 6.45) is 0. The van der Waals surface area contributed by atoms with Gasteiger partial charge in [0.2, 0.25) is 0 Å². The molecular formula is C135H90N12. The number of hydrogen-bond donors (Lipinski definition) is 0. The average molecular weight is 1880 g/mol. The minimum atomic E-state index is 0.622. The van der Waals surface area contributed by atoms with Gasteiger partial charge in [-0.3, -0.25) is 0 Å². The molecule has 21 aromatic carbocycles. The number of para-hydroxylation sites is 6. The molecule has 0 fully saturated rings. The summed E-state index contributed by atoms with van der Waals surface area (Å²) in [5, 5.41) is 7.35. The fourth-order valence-corrected chi connectivity index (χ4v) is 20.1. The first kappa shape index (κ1) is 88.5. The van der Waals surface area contributed by atoms with Crippen molar-refractivity contribution in [1.82, 2.24) is 58.6 Å². The Morgan fingerprint density at radius 3 is 0.619 bits per heavy atom. The Hall–Kier alpha value is -20.0. The zero-order valence-corrected chi connectivity index (χ0v) is 79.8. The van der Waals surface area contributed by atoms with Crippen molar-refractivity contribution < 1.29 is 0 Å². The van der Waals surface area contributed by atoms with Crippen LogP contribution in [0.25, 0.3) is 252 Å². The van der Waals surface area contributed by atoms with Crippen molar-refractivity contribution in [3.05, 3.63) is 546 Å². The molecule has 0 radical (unpaired) electrons. The maximum absolute atomic E-state index is 5.20. The maximum atomic E-state index is 5.20. The van der Waals surface area contributed by atoms with Crippen molar-refractivity contribution in [1.29, 1.82) is 0 Å². The molecule has 12 nitrogen and oxygen atoms in total. The first-order valence-corrected chi connectivity index (χ1v) is 49.4. The molecule has 6 heterocycles. The van der Waals surface area contributed by atoms with E-state index in [9.17, 15) is 0 Å². The van der Waals surface area contributed by atoms with Gasteiger partial charge in [0.15, 0.2) is 52.4 Å². The predicted octanol–water partition coefficient (Wildman–Crippen LogP) is 33.9. The molecule has 0 amide bonds. The summed E-state index contributed by atoms with van der Waals surface area (Å²) in [4.78, 5) is 44.9. The van der Waals surface area contributed by atoms with Crippen LogP contribution in [0.5, 0.6) is 0 Å². The summed E-state index contributed by atoms with van der Waals surface area (Å²) in [6, 6.07) is 190. The van der Waals surface area contributed by atoms with Crippen molar-refractivity contribution >= 4 is 65.4 Å². The highest BCUT2D eigenvalue weighted by Crippen LogP contribution is 2.47. The van der Waals surface area contributed by atoms with Gasteiger partial charge in [-0.25, -0.2) is 44.9 Å². The van der Waals surface area contributed by atoms with Crippen molar-refractivity contribution in [2.24, 2.45) is 0 Å². The van der Waals surface area contributed by atoms with E-state index < -0.39 is 0 Å². The van der Waals surface area contributed by atoms with Crippen molar-refractivity contribution in [3.63, 3.8) is 0 Å². The molecule has 0 N–H and O–H groups in total. The molecule has 0 saturated heterocycles. The van der Waals surface area contributed by atoms with Crippen LogP contribution in [0.15, 0.2) is 546 Å². The van der Waals surface area contributed by atoms with Gasteiger partial charge in [0.1, 0.15) is 0 Å². The molecule has 0 aliphatic rings. The van der Waals surface area contributed by atoms with E-state index in [4.69, 9.17) is 44.9 Å². The molecule has 0 atom stereocenters. The van der Waals surface area contributed by atoms with Crippen molar-refractivity contribution in [2.45, 2.75) is 0 Å². The summed E-state index contributed by atoms with van der Waals surface area (Å²) >= 11 is 0. The summed E-state index contributed by atoms with van der Waals surface area (Å²) in [7, 11) is 0. The van der Waals surface area contributed by atoms with Gasteiger partial charge in [-0.1, -0.05) is 437 Å². The lowest BCUT2D eigenvalue weighted by Gasteiger charge is -2.18. The maximum Gasteiger partial charge on any atom is 0.164 e. The second-order valence-electron chi connectivity index (χ2n) is 36.3. The van der Waals surface area contributed by atoms with Crippen LogP contribution < -0.4 is 0 Å². The molecule has 0 bridgehead atoms. The normalized spacial score (nSPS) is 11.3. The van der Waals surface area contributed by atoms with Crippen LogP contribution in [0.4, 0.5) is 0 Å².